The smallest absolute Gasteiger partial charge is 0.231 e. The number of anilines is 1. The Morgan fingerprint density at radius 3 is 2.32 bits per heavy atom. The predicted octanol–water partition coefficient (Wildman–Crippen LogP) is 5.30. The highest BCUT2D eigenvalue weighted by molar-refractivity contribution is 7.90. The van der Waals surface area contributed by atoms with Crippen LogP contribution in [0.1, 0.15) is 35.1 Å². The first-order valence-electron chi connectivity index (χ1n) is 13.4. The molecule has 3 heterocycles. The number of pyridine rings is 1. The van der Waals surface area contributed by atoms with Crippen LogP contribution >= 0.6 is 0 Å². The molecule has 0 aliphatic carbocycles. The maximum Gasteiger partial charge on any atom is 0.231 e. The Morgan fingerprint density at radius 2 is 1.71 bits per heavy atom. The van der Waals surface area contributed by atoms with Gasteiger partial charge in [-0.1, -0.05) is 12.1 Å². The van der Waals surface area contributed by atoms with E-state index in [4.69, 9.17) is 9.72 Å². The van der Waals surface area contributed by atoms with Crippen LogP contribution in [0.15, 0.2) is 72.0 Å². The molecular weight excluding hydrogens is 536 g/mol. The van der Waals surface area contributed by atoms with Gasteiger partial charge in [-0.3, -0.25) is 9.88 Å². The summed E-state index contributed by atoms with van der Waals surface area (Å²) in [6.45, 7) is 6.41. The zero-order valence-electron chi connectivity index (χ0n) is 23.3. The van der Waals surface area contributed by atoms with Crippen molar-refractivity contribution in [2.24, 2.45) is 0 Å². The number of nitrogens with zero attached hydrogens (tertiary/aromatic N) is 5. The van der Waals surface area contributed by atoms with Gasteiger partial charge in [0.05, 0.1) is 22.1 Å². The molecule has 5 rings (SSSR count). The van der Waals surface area contributed by atoms with E-state index in [1.54, 1.807) is 30.7 Å². The fourth-order valence-electron chi connectivity index (χ4n) is 5.03. The number of likely N-dealkylation sites (tertiary alicyclic amines) is 1. The molecule has 1 aliphatic heterocycles. The molecule has 0 atom stereocenters. The van der Waals surface area contributed by atoms with Crippen molar-refractivity contribution >= 4 is 15.8 Å². The maximum atomic E-state index is 11.7. The molecule has 1 aliphatic rings. The van der Waals surface area contributed by atoms with E-state index in [-0.39, 0.29) is 6.04 Å². The van der Waals surface area contributed by atoms with Crippen molar-refractivity contribution in [2.75, 3.05) is 24.7 Å². The summed E-state index contributed by atoms with van der Waals surface area (Å²) >= 11 is 0. The summed E-state index contributed by atoms with van der Waals surface area (Å²) in [4.78, 5) is 16.2. The quantitative estimate of drug-likeness (QED) is 0.302. The molecule has 2 aromatic carbocycles. The molecule has 9 nitrogen and oxygen atoms in total. The molecule has 0 unspecified atom stereocenters. The monoisotopic (exact) mass is 568 g/mol. The zero-order chi connectivity index (χ0) is 29.0. The normalized spacial score (nSPS) is 14.4. The van der Waals surface area contributed by atoms with Gasteiger partial charge >= 0.3 is 0 Å². The third-order valence-electron chi connectivity index (χ3n) is 7.21. The van der Waals surface area contributed by atoms with Gasteiger partial charge < -0.3 is 10.1 Å². The van der Waals surface area contributed by atoms with Crippen LogP contribution in [0.2, 0.25) is 0 Å². The highest BCUT2D eigenvalue weighted by Gasteiger charge is 2.22. The lowest BCUT2D eigenvalue weighted by molar-refractivity contribution is 0.211. The molecular formula is C31H32N6O3S. The number of aromatic nitrogens is 3. The molecule has 1 saturated heterocycles. The van der Waals surface area contributed by atoms with E-state index >= 15 is 0 Å². The van der Waals surface area contributed by atoms with Crippen molar-refractivity contribution in [3.63, 3.8) is 0 Å². The average molecular weight is 569 g/mol. The van der Waals surface area contributed by atoms with Crippen molar-refractivity contribution in [1.29, 1.82) is 5.26 Å². The van der Waals surface area contributed by atoms with Crippen LogP contribution in [0.25, 0.3) is 11.1 Å². The summed E-state index contributed by atoms with van der Waals surface area (Å²) in [6, 6.07) is 16.9. The molecule has 10 heteroatoms. The summed E-state index contributed by atoms with van der Waals surface area (Å²) in [6.07, 6.45) is 8.26. The summed E-state index contributed by atoms with van der Waals surface area (Å²) in [5.41, 5.74) is 5.03. The molecule has 0 bridgehead atoms. The van der Waals surface area contributed by atoms with Gasteiger partial charge in [-0.25, -0.2) is 13.4 Å². The summed E-state index contributed by atoms with van der Waals surface area (Å²) in [5, 5.41) is 12.8. The van der Waals surface area contributed by atoms with Gasteiger partial charge in [0, 0.05) is 50.5 Å². The van der Waals surface area contributed by atoms with Gasteiger partial charge in [0.1, 0.15) is 5.75 Å². The average Bonchev–Trinajstić information content (AvgIpc) is 2.96. The fraction of sp³-hybridized carbons (Fsp3) is 0.290. The van der Waals surface area contributed by atoms with E-state index < -0.39 is 9.84 Å². The number of ether oxygens (including phenoxy) is 1. The van der Waals surface area contributed by atoms with E-state index in [1.165, 1.54) is 6.26 Å². The molecule has 41 heavy (non-hydrogen) atoms. The molecule has 4 aromatic rings. The third-order valence-corrected chi connectivity index (χ3v) is 8.34. The number of nitrogens with one attached hydrogen (secondary N) is 1. The van der Waals surface area contributed by atoms with E-state index in [2.05, 4.69) is 26.3 Å². The van der Waals surface area contributed by atoms with Gasteiger partial charge in [0.25, 0.3) is 0 Å². The Labute approximate surface area is 240 Å². The molecule has 0 amide bonds. The molecule has 0 saturated carbocycles. The van der Waals surface area contributed by atoms with Gasteiger partial charge in [-0.2, -0.15) is 10.2 Å². The number of hydrogen-bond acceptors (Lipinski definition) is 9. The SMILES string of the molecule is Cc1cc(C#N)cc(C)c1Oc1nc(NC2CCN(Cc3ccc(S(C)(=O)=O)cc3)CC2)ncc1-c1ccncc1. The van der Waals surface area contributed by atoms with Gasteiger partial charge in [0.2, 0.25) is 11.8 Å². The first kappa shape index (κ1) is 28.2. The van der Waals surface area contributed by atoms with E-state index in [9.17, 15) is 13.7 Å². The zero-order valence-corrected chi connectivity index (χ0v) is 24.1. The van der Waals surface area contributed by atoms with Gasteiger partial charge in [-0.05, 0) is 85.3 Å². The first-order valence-corrected chi connectivity index (χ1v) is 15.3. The Hall–Kier alpha value is -4.33. The Balaban J connectivity index is 1.29. The molecule has 1 N–H and O–H groups in total. The molecule has 1 fully saturated rings. The van der Waals surface area contributed by atoms with Crippen LogP contribution in [-0.2, 0) is 16.4 Å². The van der Waals surface area contributed by atoms with Crippen LogP contribution in [-0.4, -0.2) is 53.7 Å². The predicted molar refractivity (Wildman–Crippen MR) is 157 cm³/mol. The highest BCUT2D eigenvalue weighted by atomic mass is 32.2. The second kappa shape index (κ2) is 12.0. The Morgan fingerprint density at radius 1 is 1.05 bits per heavy atom. The Kier molecular flexibility index (Phi) is 8.28. The summed E-state index contributed by atoms with van der Waals surface area (Å²) < 4.78 is 29.9. The minimum absolute atomic E-state index is 0.205. The van der Waals surface area contributed by atoms with Crippen molar-refractivity contribution in [1.82, 2.24) is 19.9 Å². The van der Waals surface area contributed by atoms with Crippen molar-refractivity contribution in [3.05, 3.63) is 89.4 Å². The molecule has 0 spiro atoms. The van der Waals surface area contributed by atoms with Crippen LogP contribution in [0.5, 0.6) is 11.6 Å². The van der Waals surface area contributed by atoms with Crippen molar-refractivity contribution in [2.45, 2.75) is 44.2 Å². The lowest BCUT2D eigenvalue weighted by Gasteiger charge is -2.32. The third kappa shape index (κ3) is 6.88. The van der Waals surface area contributed by atoms with Crippen molar-refractivity contribution in [3.8, 4) is 28.8 Å². The van der Waals surface area contributed by atoms with E-state index in [1.807, 2.05) is 50.2 Å². The summed E-state index contributed by atoms with van der Waals surface area (Å²) in [5.74, 6) is 1.60. The number of hydrogen-bond donors (Lipinski definition) is 1. The highest BCUT2D eigenvalue weighted by Crippen LogP contribution is 2.35. The topological polar surface area (TPSA) is 121 Å². The minimum atomic E-state index is -3.19. The number of sulfone groups is 1. The molecule has 0 radical (unpaired) electrons. The number of piperidine rings is 1. The van der Waals surface area contributed by atoms with Crippen LogP contribution in [0, 0.1) is 25.2 Å². The van der Waals surface area contributed by atoms with E-state index in [0.29, 0.717) is 28.0 Å². The lowest BCUT2D eigenvalue weighted by Crippen LogP contribution is -2.39. The van der Waals surface area contributed by atoms with Gasteiger partial charge in [-0.15, -0.1) is 0 Å². The van der Waals surface area contributed by atoms with Crippen LogP contribution in [0.4, 0.5) is 5.95 Å². The van der Waals surface area contributed by atoms with Crippen molar-refractivity contribution < 1.29 is 13.2 Å². The van der Waals surface area contributed by atoms with Crippen LogP contribution in [0.3, 0.4) is 0 Å². The number of rotatable bonds is 8. The number of aryl methyl sites for hydroxylation is 2. The van der Waals surface area contributed by atoms with Crippen LogP contribution < -0.4 is 10.1 Å². The first-order chi connectivity index (χ1) is 19.7. The largest absolute Gasteiger partial charge is 0.438 e. The molecule has 2 aromatic heterocycles. The molecule has 210 valence electrons. The standard InChI is InChI=1S/C31H32N6O3S/c1-21-16-24(18-32)17-22(2)29(21)40-30-28(25-8-12-33-13-9-25)19-34-31(36-30)35-26-10-14-37(15-11-26)20-23-4-6-27(7-5-23)41(3,38)39/h4-9,12-13,16-17,19,26H,10-11,14-15,20H2,1-3H3,(H,34,35,36). The number of benzene rings is 2. The minimum Gasteiger partial charge on any atom is -0.438 e. The summed E-state index contributed by atoms with van der Waals surface area (Å²) in [7, 11) is -3.19. The van der Waals surface area contributed by atoms with Gasteiger partial charge in [0.15, 0.2) is 9.84 Å². The maximum absolute atomic E-state index is 11.7. The lowest BCUT2D eigenvalue weighted by atomic mass is 10.0. The number of nitriles is 1. The Bertz CT molecular complexity index is 1650. The fourth-order valence-corrected chi connectivity index (χ4v) is 5.66. The van der Waals surface area contributed by atoms with E-state index in [0.717, 1.165) is 60.3 Å². The second-order valence-electron chi connectivity index (χ2n) is 10.4. The second-order valence-corrected chi connectivity index (χ2v) is 12.4.